The van der Waals surface area contributed by atoms with Crippen LogP contribution in [0.5, 0.6) is 0 Å². The van der Waals surface area contributed by atoms with E-state index < -0.39 is 7.60 Å². The topological polar surface area (TPSA) is 47.9 Å². The molecule has 0 aromatic rings. The van der Waals surface area contributed by atoms with E-state index in [2.05, 4.69) is 4.99 Å². The van der Waals surface area contributed by atoms with Gasteiger partial charge in [0.25, 0.3) is 0 Å². The van der Waals surface area contributed by atoms with Crippen LogP contribution in [0.1, 0.15) is 33.6 Å². The van der Waals surface area contributed by atoms with Gasteiger partial charge in [0.1, 0.15) is 0 Å². The Hall–Kier alpha value is -0.180. The van der Waals surface area contributed by atoms with Crippen LogP contribution in [0.15, 0.2) is 4.99 Å². The van der Waals surface area contributed by atoms with Crippen molar-refractivity contribution in [3.63, 3.8) is 0 Å². The van der Waals surface area contributed by atoms with Gasteiger partial charge in [-0.3, -0.25) is 9.56 Å². The molecule has 0 aromatic carbocycles. The maximum Gasteiger partial charge on any atom is 0.354 e. The van der Waals surface area contributed by atoms with Gasteiger partial charge < -0.3 is 9.05 Å². The van der Waals surface area contributed by atoms with Gasteiger partial charge >= 0.3 is 7.60 Å². The van der Waals surface area contributed by atoms with Gasteiger partial charge in [-0.15, -0.1) is 0 Å². The van der Waals surface area contributed by atoms with E-state index in [0.717, 1.165) is 18.6 Å². The summed E-state index contributed by atoms with van der Waals surface area (Å²) in [7, 11) is -2.99. The lowest BCUT2D eigenvalue weighted by molar-refractivity contribution is 0.212. The molecule has 5 heteroatoms. The molecule has 0 amide bonds. The molecule has 4 nitrogen and oxygen atoms in total. The highest BCUT2D eigenvalue weighted by Gasteiger charge is 2.37. The third-order valence-corrected chi connectivity index (χ3v) is 4.46. The fourth-order valence-corrected chi connectivity index (χ4v) is 3.44. The molecule has 0 N–H and O–H groups in total. The number of aliphatic imine (C=N–C) groups is 1. The normalized spacial score (nSPS) is 22.5. The standard InChI is InChI=1S/C9H18NO3P/c1-4-12-14(11,13-5-2)9-7-6-8(3)10-9/h9H,4-7H2,1-3H3. The predicted molar refractivity (Wildman–Crippen MR) is 57.0 cm³/mol. The molecule has 82 valence electrons. The first-order valence-corrected chi connectivity index (χ1v) is 6.65. The van der Waals surface area contributed by atoms with Crippen molar-refractivity contribution in [1.29, 1.82) is 0 Å². The average molecular weight is 219 g/mol. The van der Waals surface area contributed by atoms with Gasteiger partial charge in [0.05, 0.1) is 13.2 Å². The van der Waals surface area contributed by atoms with Gasteiger partial charge in [-0.1, -0.05) is 0 Å². The zero-order chi connectivity index (χ0) is 10.6. The van der Waals surface area contributed by atoms with E-state index in [4.69, 9.17) is 9.05 Å². The summed E-state index contributed by atoms with van der Waals surface area (Å²) in [5, 5.41) is 0. The van der Waals surface area contributed by atoms with Gasteiger partial charge in [0, 0.05) is 5.71 Å². The molecular weight excluding hydrogens is 201 g/mol. The number of nitrogens with zero attached hydrogens (tertiary/aromatic N) is 1. The molecular formula is C9H18NO3P. The second-order valence-electron chi connectivity index (χ2n) is 3.26. The van der Waals surface area contributed by atoms with Crippen LogP contribution in [0, 0.1) is 0 Å². The third kappa shape index (κ3) is 2.66. The van der Waals surface area contributed by atoms with Gasteiger partial charge in [-0.25, -0.2) is 0 Å². The van der Waals surface area contributed by atoms with Crippen LogP contribution in [0.4, 0.5) is 0 Å². The van der Waals surface area contributed by atoms with Crippen molar-refractivity contribution in [3.05, 3.63) is 0 Å². The molecule has 1 aliphatic heterocycles. The number of rotatable bonds is 5. The Morgan fingerprint density at radius 1 is 1.43 bits per heavy atom. The van der Waals surface area contributed by atoms with Crippen LogP contribution in [-0.2, 0) is 13.6 Å². The van der Waals surface area contributed by atoms with Crippen LogP contribution >= 0.6 is 7.60 Å². The Morgan fingerprint density at radius 2 is 2.00 bits per heavy atom. The highest BCUT2D eigenvalue weighted by molar-refractivity contribution is 7.54. The van der Waals surface area contributed by atoms with Crippen LogP contribution in [-0.4, -0.2) is 24.7 Å². The summed E-state index contributed by atoms with van der Waals surface area (Å²) in [6, 6.07) is 0. The summed E-state index contributed by atoms with van der Waals surface area (Å²) in [6.45, 7) is 6.39. The Morgan fingerprint density at radius 3 is 2.36 bits per heavy atom. The summed E-state index contributed by atoms with van der Waals surface area (Å²) in [5.41, 5.74) is 1.04. The lowest BCUT2D eigenvalue weighted by Crippen LogP contribution is -2.08. The van der Waals surface area contributed by atoms with Crippen molar-refractivity contribution < 1.29 is 13.6 Å². The van der Waals surface area contributed by atoms with Crippen LogP contribution in [0.2, 0.25) is 0 Å². The quantitative estimate of drug-likeness (QED) is 0.668. The van der Waals surface area contributed by atoms with Crippen molar-refractivity contribution in [2.24, 2.45) is 4.99 Å². The molecule has 1 rings (SSSR count). The first-order valence-electron chi connectivity index (χ1n) is 5.04. The zero-order valence-electron chi connectivity index (χ0n) is 9.02. The fraction of sp³-hybridized carbons (Fsp3) is 0.889. The van der Waals surface area contributed by atoms with E-state index in [-0.39, 0.29) is 5.78 Å². The maximum absolute atomic E-state index is 12.2. The van der Waals surface area contributed by atoms with E-state index in [1.165, 1.54) is 0 Å². The fourth-order valence-electron chi connectivity index (χ4n) is 1.52. The second-order valence-corrected chi connectivity index (χ2v) is 5.45. The summed E-state index contributed by atoms with van der Waals surface area (Å²) in [4.78, 5) is 4.30. The molecule has 0 saturated carbocycles. The summed E-state index contributed by atoms with van der Waals surface area (Å²) < 4.78 is 22.7. The minimum atomic E-state index is -2.99. The minimum absolute atomic E-state index is 0.276. The Bertz CT molecular complexity index is 255. The van der Waals surface area contributed by atoms with E-state index in [1.54, 1.807) is 0 Å². The molecule has 0 radical (unpaired) electrons. The largest absolute Gasteiger partial charge is 0.354 e. The van der Waals surface area contributed by atoms with Gasteiger partial charge in [-0.2, -0.15) is 0 Å². The molecule has 14 heavy (non-hydrogen) atoms. The van der Waals surface area contributed by atoms with Crippen molar-refractivity contribution >= 4 is 13.3 Å². The zero-order valence-corrected chi connectivity index (χ0v) is 9.92. The third-order valence-electron chi connectivity index (χ3n) is 2.12. The summed E-state index contributed by atoms with van der Waals surface area (Å²) in [6.07, 6.45) is 1.68. The Labute approximate surface area is 85.2 Å². The van der Waals surface area contributed by atoms with Gasteiger partial charge in [0.15, 0.2) is 5.78 Å². The number of hydrogen-bond acceptors (Lipinski definition) is 4. The SMILES string of the molecule is CCOP(=O)(OCC)C1CCC(C)=N1. The van der Waals surface area contributed by atoms with E-state index in [1.807, 2.05) is 20.8 Å². The van der Waals surface area contributed by atoms with Crippen molar-refractivity contribution in [1.82, 2.24) is 0 Å². The molecule has 0 aliphatic carbocycles. The molecule has 0 spiro atoms. The van der Waals surface area contributed by atoms with Gasteiger partial charge in [-0.05, 0) is 33.6 Å². The lowest BCUT2D eigenvalue weighted by atomic mass is 10.3. The average Bonchev–Trinajstić information content (AvgIpc) is 2.53. The molecule has 0 bridgehead atoms. The number of hydrogen-bond donors (Lipinski definition) is 0. The monoisotopic (exact) mass is 219 g/mol. The Balaban J connectivity index is 2.72. The molecule has 1 atom stereocenters. The minimum Gasteiger partial charge on any atom is -0.307 e. The van der Waals surface area contributed by atoms with Crippen LogP contribution in [0.25, 0.3) is 0 Å². The van der Waals surface area contributed by atoms with E-state index >= 15 is 0 Å². The maximum atomic E-state index is 12.2. The van der Waals surface area contributed by atoms with E-state index in [0.29, 0.717) is 13.2 Å². The smallest absolute Gasteiger partial charge is 0.307 e. The second kappa shape index (κ2) is 5.06. The molecule has 0 fully saturated rings. The predicted octanol–water partition coefficient (Wildman–Crippen LogP) is 2.83. The molecule has 0 saturated heterocycles. The molecule has 0 aromatic heterocycles. The first kappa shape index (κ1) is 11.9. The van der Waals surface area contributed by atoms with E-state index in [9.17, 15) is 4.57 Å². The van der Waals surface area contributed by atoms with Crippen LogP contribution in [0.3, 0.4) is 0 Å². The highest BCUT2D eigenvalue weighted by atomic mass is 31.2. The molecule has 1 heterocycles. The lowest BCUT2D eigenvalue weighted by Gasteiger charge is -2.20. The summed E-state index contributed by atoms with van der Waals surface area (Å²) >= 11 is 0. The van der Waals surface area contributed by atoms with Crippen molar-refractivity contribution in [2.45, 2.75) is 39.4 Å². The summed E-state index contributed by atoms with van der Waals surface area (Å²) in [5.74, 6) is -0.276. The van der Waals surface area contributed by atoms with Crippen LogP contribution < -0.4 is 0 Å². The van der Waals surface area contributed by atoms with Crippen molar-refractivity contribution in [3.8, 4) is 0 Å². The van der Waals surface area contributed by atoms with Gasteiger partial charge in [0.2, 0.25) is 0 Å². The first-order chi connectivity index (χ1) is 6.62. The van der Waals surface area contributed by atoms with Crippen molar-refractivity contribution in [2.75, 3.05) is 13.2 Å². The highest BCUT2D eigenvalue weighted by Crippen LogP contribution is 2.56. The Kier molecular flexibility index (Phi) is 4.30. The molecule has 1 aliphatic rings. The molecule has 1 unspecified atom stereocenters.